The van der Waals surface area contributed by atoms with Gasteiger partial charge in [-0.05, 0) is 24.3 Å². The molecule has 2 rings (SSSR count). The van der Waals surface area contributed by atoms with Crippen molar-refractivity contribution in [1.29, 1.82) is 0 Å². The van der Waals surface area contributed by atoms with Crippen LogP contribution in [-0.2, 0) is 0 Å². The summed E-state index contributed by atoms with van der Waals surface area (Å²) in [7, 11) is 0. The summed E-state index contributed by atoms with van der Waals surface area (Å²) in [4.78, 5) is 14.3. The van der Waals surface area contributed by atoms with Crippen LogP contribution in [0, 0.1) is 5.95 Å². The van der Waals surface area contributed by atoms with Crippen molar-refractivity contribution < 1.29 is 14.3 Å². The van der Waals surface area contributed by atoms with E-state index >= 15 is 0 Å². The maximum absolute atomic E-state index is 13.5. The lowest BCUT2D eigenvalue weighted by molar-refractivity contribution is 0.0691. The van der Waals surface area contributed by atoms with Gasteiger partial charge in [0.15, 0.2) is 0 Å². The summed E-state index contributed by atoms with van der Waals surface area (Å²) in [6.07, 6.45) is 0. The zero-order chi connectivity index (χ0) is 14.2. The number of nitrogens with zero attached hydrogens (tertiary/aromatic N) is 1. The van der Waals surface area contributed by atoms with Crippen LogP contribution in [0.4, 0.5) is 4.39 Å². The maximum atomic E-state index is 13.5. The third-order valence-corrected chi connectivity index (χ3v) is 3.56. The van der Waals surface area contributed by atoms with Crippen molar-refractivity contribution in [3.8, 4) is 11.3 Å². The smallest absolute Gasteiger partial charge is 0.340 e. The van der Waals surface area contributed by atoms with Crippen LogP contribution in [0.5, 0.6) is 0 Å². The minimum absolute atomic E-state index is 0.190. The topological polar surface area (TPSA) is 50.2 Å². The predicted octanol–water partition coefficient (Wildman–Crippen LogP) is 4.55. The van der Waals surface area contributed by atoms with Gasteiger partial charge in [0.1, 0.15) is 5.56 Å². The van der Waals surface area contributed by atoms with Gasteiger partial charge < -0.3 is 5.11 Å². The summed E-state index contributed by atoms with van der Waals surface area (Å²) in [5, 5.41) is 9.31. The first-order chi connectivity index (χ1) is 8.90. The number of carboxylic acid groups (broad SMARTS) is 1. The number of pyridine rings is 1. The summed E-state index contributed by atoms with van der Waals surface area (Å²) in [6.45, 7) is 0. The van der Waals surface area contributed by atoms with Gasteiger partial charge in [0.2, 0.25) is 5.95 Å². The molecule has 0 bridgehead atoms. The highest BCUT2D eigenvalue weighted by molar-refractivity contribution is 6.48. The van der Waals surface area contributed by atoms with Crippen molar-refractivity contribution in [1.82, 2.24) is 4.98 Å². The molecule has 0 saturated heterocycles. The largest absolute Gasteiger partial charge is 0.478 e. The quantitative estimate of drug-likeness (QED) is 0.652. The fraction of sp³-hybridized carbons (Fsp3) is 0. The molecule has 98 valence electrons. The fourth-order valence-corrected chi connectivity index (χ4v) is 2.05. The van der Waals surface area contributed by atoms with E-state index in [4.69, 9.17) is 39.9 Å². The minimum Gasteiger partial charge on any atom is -0.478 e. The molecule has 1 N–H and O–H groups in total. The SMILES string of the molecule is O=C(O)c1ccc(-c2cc(Cl)c(Cl)c(Cl)c2)nc1F. The van der Waals surface area contributed by atoms with Crippen molar-refractivity contribution in [3.05, 3.63) is 50.8 Å². The number of aromatic carboxylic acids is 1. The summed E-state index contributed by atoms with van der Waals surface area (Å²) < 4.78 is 13.5. The molecule has 1 aromatic heterocycles. The molecule has 1 aromatic carbocycles. The lowest BCUT2D eigenvalue weighted by atomic mass is 10.1. The third-order valence-electron chi connectivity index (χ3n) is 2.36. The Morgan fingerprint density at radius 2 is 1.74 bits per heavy atom. The normalized spacial score (nSPS) is 10.5. The van der Waals surface area contributed by atoms with Crippen molar-refractivity contribution in [2.75, 3.05) is 0 Å². The first-order valence-electron chi connectivity index (χ1n) is 4.95. The van der Waals surface area contributed by atoms with Gasteiger partial charge in [0.05, 0.1) is 20.8 Å². The van der Waals surface area contributed by atoms with E-state index in [1.165, 1.54) is 18.2 Å². The second-order valence-corrected chi connectivity index (χ2v) is 4.79. The van der Waals surface area contributed by atoms with Crippen molar-refractivity contribution in [2.24, 2.45) is 0 Å². The Bertz CT molecular complexity index is 653. The lowest BCUT2D eigenvalue weighted by Crippen LogP contribution is -2.03. The van der Waals surface area contributed by atoms with Crippen LogP contribution in [0.15, 0.2) is 24.3 Å². The van der Waals surface area contributed by atoms with E-state index in [0.717, 1.165) is 6.07 Å². The first-order valence-corrected chi connectivity index (χ1v) is 6.08. The number of hydrogen-bond donors (Lipinski definition) is 1. The number of carbonyl (C=O) groups is 1. The molecule has 0 amide bonds. The average Bonchev–Trinajstić information content (AvgIpc) is 2.34. The second kappa shape index (κ2) is 5.33. The van der Waals surface area contributed by atoms with Gasteiger partial charge in [-0.2, -0.15) is 4.39 Å². The standard InChI is InChI=1S/C12H5Cl3FNO2/c13-7-3-5(4-8(14)10(7)15)9-2-1-6(12(18)19)11(16)17-9/h1-4H,(H,18,19). The molecule has 19 heavy (non-hydrogen) atoms. The molecule has 0 aliphatic heterocycles. The monoisotopic (exact) mass is 319 g/mol. The average molecular weight is 321 g/mol. The van der Waals surface area contributed by atoms with Gasteiger partial charge in [-0.15, -0.1) is 0 Å². The van der Waals surface area contributed by atoms with E-state index < -0.39 is 17.5 Å². The predicted molar refractivity (Wildman–Crippen MR) is 71.6 cm³/mol. The van der Waals surface area contributed by atoms with Gasteiger partial charge in [-0.1, -0.05) is 34.8 Å². The summed E-state index contributed by atoms with van der Waals surface area (Å²) in [5.74, 6) is -2.46. The Balaban J connectivity index is 2.54. The fourth-order valence-electron chi connectivity index (χ4n) is 1.46. The molecule has 3 nitrogen and oxygen atoms in total. The van der Waals surface area contributed by atoms with Crippen LogP contribution in [0.25, 0.3) is 11.3 Å². The van der Waals surface area contributed by atoms with Crippen molar-refractivity contribution in [2.45, 2.75) is 0 Å². The molecule has 0 atom stereocenters. The molecular formula is C12H5Cl3FNO2. The third kappa shape index (κ3) is 2.81. The molecule has 0 unspecified atom stereocenters. The van der Waals surface area contributed by atoms with E-state index in [0.29, 0.717) is 5.56 Å². The van der Waals surface area contributed by atoms with Crippen molar-refractivity contribution in [3.63, 3.8) is 0 Å². The second-order valence-electron chi connectivity index (χ2n) is 3.59. The Morgan fingerprint density at radius 3 is 2.21 bits per heavy atom. The number of carboxylic acids is 1. The highest BCUT2D eigenvalue weighted by Crippen LogP contribution is 2.34. The molecule has 0 radical (unpaired) electrons. The van der Waals surface area contributed by atoms with E-state index in [9.17, 15) is 9.18 Å². The Morgan fingerprint density at radius 1 is 1.16 bits per heavy atom. The van der Waals surface area contributed by atoms with E-state index in [-0.39, 0.29) is 20.8 Å². The lowest BCUT2D eigenvalue weighted by Gasteiger charge is -2.06. The van der Waals surface area contributed by atoms with Crippen LogP contribution in [0.2, 0.25) is 15.1 Å². The Hall–Kier alpha value is -1.36. The number of rotatable bonds is 2. The molecule has 0 aliphatic carbocycles. The molecule has 1 heterocycles. The molecule has 2 aromatic rings. The number of benzene rings is 1. The maximum Gasteiger partial charge on any atom is 0.340 e. The summed E-state index contributed by atoms with van der Waals surface area (Å²) in [6, 6.07) is 5.43. The highest BCUT2D eigenvalue weighted by Gasteiger charge is 2.14. The van der Waals surface area contributed by atoms with Gasteiger partial charge in [-0.3, -0.25) is 0 Å². The Labute approximate surface area is 122 Å². The molecule has 7 heteroatoms. The zero-order valence-corrected chi connectivity index (χ0v) is 11.4. The zero-order valence-electron chi connectivity index (χ0n) is 9.12. The van der Waals surface area contributed by atoms with Crippen LogP contribution in [0.3, 0.4) is 0 Å². The summed E-state index contributed by atoms with van der Waals surface area (Å²) >= 11 is 17.5. The van der Waals surface area contributed by atoms with E-state index in [2.05, 4.69) is 4.98 Å². The first kappa shape index (κ1) is 14.1. The number of halogens is 4. The molecular weight excluding hydrogens is 315 g/mol. The van der Waals surface area contributed by atoms with Gasteiger partial charge in [-0.25, -0.2) is 9.78 Å². The molecule has 0 saturated carbocycles. The van der Waals surface area contributed by atoms with Crippen LogP contribution >= 0.6 is 34.8 Å². The molecule has 0 fully saturated rings. The van der Waals surface area contributed by atoms with Crippen LogP contribution < -0.4 is 0 Å². The summed E-state index contributed by atoms with van der Waals surface area (Å²) in [5.41, 5.74) is 0.146. The molecule has 0 aliphatic rings. The van der Waals surface area contributed by atoms with Gasteiger partial charge in [0.25, 0.3) is 0 Å². The number of hydrogen-bond acceptors (Lipinski definition) is 2. The van der Waals surface area contributed by atoms with Crippen LogP contribution in [-0.4, -0.2) is 16.1 Å². The van der Waals surface area contributed by atoms with Gasteiger partial charge in [0, 0.05) is 5.56 Å². The van der Waals surface area contributed by atoms with Gasteiger partial charge >= 0.3 is 5.97 Å². The van der Waals surface area contributed by atoms with Crippen molar-refractivity contribution >= 4 is 40.8 Å². The van der Waals surface area contributed by atoms with E-state index in [1.807, 2.05) is 0 Å². The number of aromatic nitrogens is 1. The van der Waals surface area contributed by atoms with E-state index in [1.54, 1.807) is 0 Å². The molecule has 0 spiro atoms. The minimum atomic E-state index is -1.39. The highest BCUT2D eigenvalue weighted by atomic mass is 35.5. The Kier molecular flexibility index (Phi) is 3.94. The van der Waals surface area contributed by atoms with Crippen LogP contribution in [0.1, 0.15) is 10.4 Å².